The highest BCUT2D eigenvalue weighted by atomic mass is 35.5. The summed E-state index contributed by atoms with van der Waals surface area (Å²) in [5.74, 6) is -0.719. The zero-order chi connectivity index (χ0) is 19.7. The molecule has 0 amide bonds. The molecule has 1 fully saturated rings. The summed E-state index contributed by atoms with van der Waals surface area (Å²) >= 11 is 5.96. The van der Waals surface area contributed by atoms with Crippen molar-refractivity contribution in [2.24, 2.45) is 11.1 Å². The number of ether oxygens (including phenoxy) is 1. The Morgan fingerprint density at radius 3 is 2.52 bits per heavy atom. The van der Waals surface area contributed by atoms with E-state index in [1.54, 1.807) is 13.0 Å². The number of hydrogen-bond donors (Lipinski definition) is 2. The third-order valence-electron chi connectivity index (χ3n) is 5.14. The van der Waals surface area contributed by atoms with Gasteiger partial charge in [-0.15, -0.1) is 0 Å². The molecule has 6 heteroatoms. The number of aliphatic hydroxyl groups excluding tert-OH is 1. The summed E-state index contributed by atoms with van der Waals surface area (Å²) in [6, 6.07) is 11.9. The average Bonchev–Trinajstić information content (AvgIpc) is 2.62. The smallest absolute Gasteiger partial charge is 0.314 e. The molecule has 0 heterocycles. The highest BCUT2D eigenvalue weighted by Crippen LogP contribution is 2.49. The Bertz CT molecular complexity index is 832. The second kappa shape index (κ2) is 7.58. The fourth-order valence-electron chi connectivity index (χ4n) is 3.95. The molecule has 1 aliphatic rings. The number of halogens is 2. The maximum Gasteiger partial charge on any atom is 0.314 e. The first kappa shape index (κ1) is 19.8. The van der Waals surface area contributed by atoms with E-state index in [-0.39, 0.29) is 25.0 Å². The molecule has 0 aliphatic heterocycles. The number of carbonyl (C=O) groups is 1. The maximum absolute atomic E-state index is 14.0. The highest BCUT2D eigenvalue weighted by molar-refractivity contribution is 6.30. The van der Waals surface area contributed by atoms with E-state index in [2.05, 4.69) is 0 Å². The molecule has 0 bridgehead atoms. The van der Waals surface area contributed by atoms with Crippen LogP contribution in [0.3, 0.4) is 0 Å². The fraction of sp³-hybridized carbons (Fsp3) is 0.381. The van der Waals surface area contributed by atoms with Gasteiger partial charge in [0.15, 0.2) is 0 Å². The van der Waals surface area contributed by atoms with E-state index >= 15 is 0 Å². The maximum atomic E-state index is 14.0. The van der Waals surface area contributed by atoms with Gasteiger partial charge in [0.05, 0.1) is 18.6 Å². The molecule has 3 N–H and O–H groups in total. The van der Waals surface area contributed by atoms with Crippen molar-refractivity contribution < 1.29 is 19.0 Å². The minimum Gasteiger partial charge on any atom is -0.465 e. The van der Waals surface area contributed by atoms with Crippen molar-refractivity contribution in [1.82, 2.24) is 0 Å². The third kappa shape index (κ3) is 4.00. The summed E-state index contributed by atoms with van der Waals surface area (Å²) in [5, 5.41) is 10.1. The van der Waals surface area contributed by atoms with Crippen LogP contribution in [-0.2, 0) is 16.0 Å². The lowest BCUT2D eigenvalue weighted by atomic mass is 9.56. The van der Waals surface area contributed by atoms with Crippen molar-refractivity contribution >= 4 is 17.6 Å². The van der Waals surface area contributed by atoms with Crippen molar-refractivity contribution in [2.45, 2.75) is 31.7 Å². The highest BCUT2D eigenvalue weighted by Gasteiger charge is 2.57. The van der Waals surface area contributed by atoms with Crippen molar-refractivity contribution in [3.63, 3.8) is 0 Å². The van der Waals surface area contributed by atoms with Gasteiger partial charge in [-0.2, -0.15) is 0 Å². The van der Waals surface area contributed by atoms with Gasteiger partial charge in [-0.25, -0.2) is 4.39 Å². The molecule has 1 saturated carbocycles. The first-order chi connectivity index (χ1) is 12.8. The number of rotatable bonds is 6. The van der Waals surface area contributed by atoms with Gasteiger partial charge in [-0.1, -0.05) is 35.9 Å². The average molecular weight is 392 g/mol. The van der Waals surface area contributed by atoms with E-state index in [0.717, 1.165) is 11.1 Å². The first-order valence-corrected chi connectivity index (χ1v) is 9.30. The van der Waals surface area contributed by atoms with Crippen LogP contribution >= 0.6 is 11.6 Å². The van der Waals surface area contributed by atoms with Crippen LogP contribution < -0.4 is 5.73 Å². The minimum atomic E-state index is -0.894. The van der Waals surface area contributed by atoms with E-state index in [1.165, 1.54) is 12.1 Å². The molecule has 144 valence electrons. The largest absolute Gasteiger partial charge is 0.465 e. The first-order valence-electron chi connectivity index (χ1n) is 8.92. The standard InChI is InChI=1S/C21H23ClFNO3/c1-2-27-19(26)20(13-25)11-21(24,12-20)10-14-3-5-15(6-4-14)17-9-16(22)7-8-18(17)23/h3-9,25H,2,10-13,24H2,1H3/t20-,21-. The predicted molar refractivity (Wildman–Crippen MR) is 103 cm³/mol. The Kier molecular flexibility index (Phi) is 5.56. The number of benzene rings is 2. The van der Waals surface area contributed by atoms with Crippen LogP contribution in [0.25, 0.3) is 11.1 Å². The molecule has 0 spiro atoms. The molecule has 0 aromatic heterocycles. The van der Waals surface area contributed by atoms with E-state index < -0.39 is 11.0 Å². The molecule has 0 saturated heterocycles. The van der Waals surface area contributed by atoms with Crippen LogP contribution in [0.2, 0.25) is 5.02 Å². The van der Waals surface area contributed by atoms with Crippen molar-refractivity contribution in [1.29, 1.82) is 0 Å². The Morgan fingerprint density at radius 2 is 1.93 bits per heavy atom. The van der Waals surface area contributed by atoms with Crippen LogP contribution in [0.1, 0.15) is 25.3 Å². The van der Waals surface area contributed by atoms with Crippen molar-refractivity contribution in [2.75, 3.05) is 13.2 Å². The predicted octanol–water partition coefficient (Wildman–Crippen LogP) is 3.72. The number of nitrogens with two attached hydrogens (primary N) is 1. The summed E-state index contributed by atoms with van der Waals surface area (Å²) < 4.78 is 19.1. The van der Waals surface area contributed by atoms with E-state index in [4.69, 9.17) is 22.1 Å². The molecule has 27 heavy (non-hydrogen) atoms. The molecule has 2 aromatic carbocycles. The van der Waals surface area contributed by atoms with Gasteiger partial charge in [0, 0.05) is 16.1 Å². The van der Waals surface area contributed by atoms with Crippen LogP contribution in [0, 0.1) is 11.2 Å². The van der Waals surface area contributed by atoms with Gasteiger partial charge in [0.2, 0.25) is 0 Å². The van der Waals surface area contributed by atoms with Gasteiger partial charge in [0.25, 0.3) is 0 Å². The Hall–Kier alpha value is -1.95. The molecule has 1 aliphatic carbocycles. The summed E-state index contributed by atoms with van der Waals surface area (Å²) in [4.78, 5) is 12.1. The normalized spacial score (nSPS) is 24.3. The third-order valence-corrected chi connectivity index (χ3v) is 5.38. The monoisotopic (exact) mass is 391 g/mol. The van der Waals surface area contributed by atoms with E-state index in [9.17, 15) is 14.3 Å². The van der Waals surface area contributed by atoms with Gasteiger partial charge in [-0.3, -0.25) is 4.79 Å². The number of hydrogen-bond acceptors (Lipinski definition) is 4. The van der Waals surface area contributed by atoms with Crippen LogP contribution in [0.15, 0.2) is 42.5 Å². The fourth-order valence-corrected chi connectivity index (χ4v) is 4.13. The van der Waals surface area contributed by atoms with Crippen molar-refractivity contribution in [3.05, 3.63) is 58.9 Å². The molecule has 0 atom stereocenters. The summed E-state index contributed by atoms with van der Waals surface area (Å²) in [5.41, 5.74) is 7.11. The SMILES string of the molecule is CCOC(=O)[C@]1(CO)C[C@](N)(Cc2ccc(-c3cc(Cl)ccc3F)cc2)C1. The molecular weight excluding hydrogens is 369 g/mol. The quantitative estimate of drug-likeness (QED) is 0.736. The molecule has 3 rings (SSSR count). The second-order valence-corrected chi connectivity index (χ2v) is 7.81. The number of carbonyl (C=O) groups excluding carboxylic acids is 1. The lowest BCUT2D eigenvalue weighted by Crippen LogP contribution is -2.64. The second-order valence-electron chi connectivity index (χ2n) is 7.37. The van der Waals surface area contributed by atoms with Crippen LogP contribution in [-0.4, -0.2) is 29.8 Å². The molecular formula is C21H23ClFNO3. The van der Waals surface area contributed by atoms with Crippen LogP contribution in [0.4, 0.5) is 4.39 Å². The van der Waals surface area contributed by atoms with Gasteiger partial charge in [-0.05, 0) is 55.5 Å². The van der Waals surface area contributed by atoms with Gasteiger partial charge < -0.3 is 15.6 Å². The zero-order valence-corrected chi connectivity index (χ0v) is 15.9. The lowest BCUT2D eigenvalue weighted by Gasteiger charge is -2.51. The molecule has 0 unspecified atom stereocenters. The molecule has 0 radical (unpaired) electrons. The number of esters is 1. The minimum absolute atomic E-state index is 0.266. The van der Waals surface area contributed by atoms with Crippen LogP contribution in [0.5, 0.6) is 0 Å². The van der Waals surface area contributed by atoms with E-state index in [1.807, 2.05) is 24.3 Å². The summed E-state index contributed by atoms with van der Waals surface area (Å²) in [6.45, 7) is 1.75. The van der Waals surface area contributed by atoms with E-state index in [0.29, 0.717) is 29.8 Å². The van der Waals surface area contributed by atoms with Crippen molar-refractivity contribution in [3.8, 4) is 11.1 Å². The number of aliphatic hydroxyl groups is 1. The molecule has 4 nitrogen and oxygen atoms in total. The lowest BCUT2D eigenvalue weighted by molar-refractivity contribution is -0.170. The molecule has 2 aromatic rings. The zero-order valence-electron chi connectivity index (χ0n) is 15.2. The van der Waals surface area contributed by atoms with Gasteiger partial charge in [0.1, 0.15) is 5.82 Å². The summed E-state index contributed by atoms with van der Waals surface area (Å²) in [6.07, 6.45) is 1.31. The summed E-state index contributed by atoms with van der Waals surface area (Å²) in [7, 11) is 0. The Balaban J connectivity index is 1.70. The van der Waals surface area contributed by atoms with Gasteiger partial charge >= 0.3 is 5.97 Å². The Labute approximate surface area is 163 Å². The topological polar surface area (TPSA) is 72.5 Å². The Morgan fingerprint density at radius 1 is 1.26 bits per heavy atom.